The van der Waals surface area contributed by atoms with E-state index in [-0.39, 0.29) is 5.41 Å². The van der Waals surface area contributed by atoms with Crippen molar-refractivity contribution in [3.8, 4) is 22.6 Å². The molecule has 0 aromatic heterocycles. The molecule has 234 valence electrons. The van der Waals surface area contributed by atoms with Gasteiger partial charge >= 0.3 is 0 Å². The molecular weight excluding hydrogens is 580 g/mol. The summed E-state index contributed by atoms with van der Waals surface area (Å²) in [7, 11) is 1.71. The van der Waals surface area contributed by atoms with E-state index < -0.39 is 5.60 Å². The summed E-state index contributed by atoms with van der Waals surface area (Å²) >= 11 is 0. The van der Waals surface area contributed by atoms with Gasteiger partial charge in [-0.25, -0.2) is 4.85 Å². The van der Waals surface area contributed by atoms with Crippen molar-refractivity contribution < 1.29 is 14.2 Å². The van der Waals surface area contributed by atoms with Gasteiger partial charge in [0, 0.05) is 46.3 Å². The van der Waals surface area contributed by atoms with Gasteiger partial charge in [-0.05, 0) is 76.9 Å². The standard InChI is InChI=1S/C42H38N2O3/c1-5-41(6-2)37-26-30(43-3)14-18-34(37)38-33-19-17-32(45-4)27-36(33)40-35(39(38)41)20-21-42(47-40,28-10-8-7-9-11-28)29-12-15-31(16-13-29)44-22-24-46-25-23-44/h7-21,26-27H,5-6,22-25H2,1-2,4H3. The Morgan fingerprint density at radius 3 is 2.30 bits per heavy atom. The molecule has 1 fully saturated rings. The fourth-order valence-electron chi connectivity index (χ4n) is 8.26. The minimum Gasteiger partial charge on any atom is -0.497 e. The van der Waals surface area contributed by atoms with E-state index in [1.54, 1.807) is 7.11 Å². The second-order valence-corrected chi connectivity index (χ2v) is 12.7. The van der Waals surface area contributed by atoms with E-state index in [9.17, 15) is 0 Å². The van der Waals surface area contributed by atoms with Gasteiger partial charge in [-0.2, -0.15) is 0 Å². The molecular formula is C42H38N2O3. The van der Waals surface area contributed by atoms with Crippen molar-refractivity contribution in [2.45, 2.75) is 37.7 Å². The maximum absolute atomic E-state index is 7.79. The largest absolute Gasteiger partial charge is 0.497 e. The summed E-state index contributed by atoms with van der Waals surface area (Å²) in [4.78, 5) is 6.20. The molecule has 1 unspecified atom stereocenters. The van der Waals surface area contributed by atoms with Crippen molar-refractivity contribution in [2.75, 3.05) is 38.3 Å². The quantitative estimate of drug-likeness (QED) is 0.178. The third kappa shape index (κ3) is 4.32. The Labute approximate surface area is 276 Å². The van der Waals surface area contributed by atoms with E-state index in [1.165, 1.54) is 27.9 Å². The van der Waals surface area contributed by atoms with Crippen LogP contribution in [0.4, 0.5) is 11.4 Å². The molecule has 5 aromatic rings. The van der Waals surface area contributed by atoms with Crippen LogP contribution in [0.25, 0.3) is 32.8 Å². The van der Waals surface area contributed by atoms with Crippen LogP contribution in [0, 0.1) is 6.57 Å². The van der Waals surface area contributed by atoms with Gasteiger partial charge in [0.15, 0.2) is 11.3 Å². The molecule has 3 aliphatic rings. The summed E-state index contributed by atoms with van der Waals surface area (Å²) in [5.74, 6) is 1.66. The van der Waals surface area contributed by atoms with Crippen LogP contribution in [0.15, 0.2) is 97.1 Å². The van der Waals surface area contributed by atoms with E-state index >= 15 is 0 Å². The molecule has 0 bridgehead atoms. The second kappa shape index (κ2) is 11.3. The Hall–Kier alpha value is -5.05. The minimum atomic E-state index is -0.841. The van der Waals surface area contributed by atoms with E-state index in [1.807, 2.05) is 12.1 Å². The number of morpholine rings is 1. The van der Waals surface area contributed by atoms with Crippen LogP contribution in [0.2, 0.25) is 0 Å². The molecule has 1 atom stereocenters. The Balaban J connectivity index is 1.39. The lowest BCUT2D eigenvalue weighted by molar-refractivity contribution is 0.122. The third-order valence-electron chi connectivity index (χ3n) is 10.7. The molecule has 0 radical (unpaired) electrons. The second-order valence-electron chi connectivity index (χ2n) is 12.7. The van der Waals surface area contributed by atoms with Crippen molar-refractivity contribution in [3.05, 3.63) is 136 Å². The summed E-state index contributed by atoms with van der Waals surface area (Å²) < 4.78 is 18.9. The van der Waals surface area contributed by atoms with Crippen molar-refractivity contribution >= 4 is 28.2 Å². The highest BCUT2D eigenvalue weighted by molar-refractivity contribution is 6.09. The summed E-state index contributed by atoms with van der Waals surface area (Å²) in [6.07, 6.45) is 6.39. The zero-order valence-electron chi connectivity index (χ0n) is 27.2. The lowest BCUT2D eigenvalue weighted by atomic mass is 9.71. The molecule has 1 aliphatic carbocycles. The number of ether oxygens (including phenoxy) is 3. The molecule has 2 heterocycles. The molecule has 0 amide bonds. The van der Waals surface area contributed by atoms with E-state index in [2.05, 4.69) is 115 Å². The van der Waals surface area contributed by atoms with E-state index in [0.717, 1.165) is 78.1 Å². The number of nitrogens with zero attached hydrogens (tertiary/aromatic N) is 2. The van der Waals surface area contributed by atoms with Gasteiger partial charge in [0.25, 0.3) is 0 Å². The monoisotopic (exact) mass is 618 g/mol. The van der Waals surface area contributed by atoms with E-state index in [4.69, 9.17) is 20.8 Å². The molecule has 8 rings (SSSR count). The first-order valence-corrected chi connectivity index (χ1v) is 16.6. The Bertz CT molecular complexity index is 2070. The highest BCUT2D eigenvalue weighted by Gasteiger charge is 2.47. The van der Waals surface area contributed by atoms with Gasteiger partial charge in [-0.1, -0.05) is 80.6 Å². The van der Waals surface area contributed by atoms with E-state index in [0.29, 0.717) is 5.69 Å². The maximum atomic E-state index is 7.79. The predicted octanol–water partition coefficient (Wildman–Crippen LogP) is 9.67. The number of anilines is 1. The molecule has 5 aromatic carbocycles. The third-order valence-corrected chi connectivity index (χ3v) is 10.7. The van der Waals surface area contributed by atoms with Crippen molar-refractivity contribution in [3.63, 3.8) is 0 Å². The average Bonchev–Trinajstić information content (AvgIpc) is 3.45. The lowest BCUT2D eigenvalue weighted by Gasteiger charge is -2.39. The van der Waals surface area contributed by atoms with Crippen LogP contribution in [-0.2, 0) is 15.8 Å². The molecule has 0 saturated carbocycles. The normalized spacial score (nSPS) is 19.0. The number of benzene rings is 5. The highest BCUT2D eigenvalue weighted by atomic mass is 16.5. The Kier molecular flexibility index (Phi) is 7.08. The number of hydrogen-bond acceptors (Lipinski definition) is 4. The minimum absolute atomic E-state index is 0.246. The molecule has 0 spiro atoms. The summed E-state index contributed by atoms with van der Waals surface area (Å²) in [5, 5.41) is 2.16. The predicted molar refractivity (Wildman–Crippen MR) is 190 cm³/mol. The molecule has 0 N–H and O–H groups in total. The van der Waals surface area contributed by atoms with Crippen LogP contribution in [0.3, 0.4) is 0 Å². The first kappa shape index (κ1) is 29.4. The zero-order chi connectivity index (χ0) is 32.2. The summed E-state index contributed by atoms with van der Waals surface area (Å²) in [5.41, 5.74) is 9.03. The van der Waals surface area contributed by atoms with Gasteiger partial charge < -0.3 is 19.1 Å². The summed E-state index contributed by atoms with van der Waals surface area (Å²) in [6.45, 7) is 15.6. The fraction of sp³-hybridized carbons (Fsp3) is 0.262. The number of fused-ring (bicyclic) bond motifs is 8. The van der Waals surface area contributed by atoms with Crippen LogP contribution < -0.4 is 14.4 Å². The molecule has 1 saturated heterocycles. The van der Waals surface area contributed by atoms with Crippen molar-refractivity contribution in [2.24, 2.45) is 0 Å². The van der Waals surface area contributed by atoms with Crippen LogP contribution >= 0.6 is 0 Å². The Morgan fingerprint density at radius 2 is 1.60 bits per heavy atom. The van der Waals surface area contributed by atoms with Gasteiger partial charge in [0.1, 0.15) is 11.5 Å². The van der Waals surface area contributed by atoms with Crippen molar-refractivity contribution in [1.82, 2.24) is 0 Å². The number of rotatable bonds is 6. The summed E-state index contributed by atoms with van der Waals surface area (Å²) in [6, 6.07) is 32.0. The number of hydrogen-bond donors (Lipinski definition) is 0. The molecule has 5 nitrogen and oxygen atoms in total. The smallest absolute Gasteiger partial charge is 0.187 e. The van der Waals surface area contributed by atoms with Crippen LogP contribution in [0.5, 0.6) is 11.5 Å². The zero-order valence-corrected chi connectivity index (χ0v) is 27.2. The van der Waals surface area contributed by atoms with Crippen LogP contribution in [-0.4, -0.2) is 33.4 Å². The van der Waals surface area contributed by atoms with Crippen molar-refractivity contribution in [1.29, 1.82) is 0 Å². The number of methoxy groups -OCH3 is 1. The highest BCUT2D eigenvalue weighted by Crippen LogP contribution is 2.61. The van der Waals surface area contributed by atoms with Crippen LogP contribution in [0.1, 0.15) is 54.5 Å². The molecule has 2 aliphatic heterocycles. The fourth-order valence-corrected chi connectivity index (χ4v) is 8.26. The van der Waals surface area contributed by atoms with Gasteiger partial charge in [0.2, 0.25) is 0 Å². The topological polar surface area (TPSA) is 35.3 Å². The molecule has 5 heteroatoms. The first-order chi connectivity index (χ1) is 23.1. The van der Waals surface area contributed by atoms with Gasteiger partial charge in [-0.15, -0.1) is 0 Å². The maximum Gasteiger partial charge on any atom is 0.187 e. The average molecular weight is 619 g/mol. The Morgan fingerprint density at radius 1 is 0.851 bits per heavy atom. The SMILES string of the molecule is [C-]#[N+]c1ccc2c(c1)C(CC)(CC)c1c3c(c4cc(OC)ccc4c1-2)OC(c1ccccc1)(c1ccc(N2CCOCC2)cc1)C=C3. The van der Waals surface area contributed by atoms with Gasteiger partial charge in [-0.3, -0.25) is 0 Å². The first-order valence-electron chi connectivity index (χ1n) is 16.6. The lowest BCUT2D eigenvalue weighted by Crippen LogP contribution is -2.37. The molecule has 47 heavy (non-hydrogen) atoms. The van der Waals surface area contributed by atoms with Gasteiger partial charge in [0.05, 0.1) is 26.9 Å².